The van der Waals surface area contributed by atoms with Crippen molar-refractivity contribution in [3.63, 3.8) is 0 Å². The summed E-state index contributed by atoms with van der Waals surface area (Å²) in [5.74, 6) is 0.764. The molecule has 0 aliphatic carbocycles. The zero-order valence-electron chi connectivity index (χ0n) is 16.2. The topological polar surface area (TPSA) is 37.2 Å². The van der Waals surface area contributed by atoms with Gasteiger partial charge >= 0.3 is 0 Å². The van der Waals surface area contributed by atoms with Crippen LogP contribution in [0.1, 0.15) is 24.0 Å². The Balaban J connectivity index is 1.26. The predicted molar refractivity (Wildman–Crippen MR) is 110 cm³/mol. The van der Waals surface area contributed by atoms with Gasteiger partial charge in [0.2, 0.25) is 0 Å². The molecule has 3 aliphatic rings. The summed E-state index contributed by atoms with van der Waals surface area (Å²) in [6, 6.07) is 15.2. The highest BCUT2D eigenvalue weighted by Gasteiger charge is 2.34. The number of hydrogen-bond donors (Lipinski definition) is 0. The fourth-order valence-electron chi connectivity index (χ4n) is 4.75. The van der Waals surface area contributed by atoms with Crippen LogP contribution in [0.5, 0.6) is 0 Å². The van der Waals surface area contributed by atoms with E-state index in [2.05, 4.69) is 56.4 Å². The number of hydrogen-bond acceptors (Lipinski definition) is 4. The van der Waals surface area contributed by atoms with Crippen LogP contribution >= 0.6 is 0 Å². The van der Waals surface area contributed by atoms with Gasteiger partial charge in [0.1, 0.15) is 0 Å². The van der Waals surface area contributed by atoms with Crippen molar-refractivity contribution >= 4 is 0 Å². The molecule has 0 amide bonds. The third-order valence-corrected chi connectivity index (χ3v) is 6.07. The van der Waals surface area contributed by atoms with Crippen molar-refractivity contribution in [2.75, 3.05) is 19.6 Å². The maximum atomic E-state index is 4.58. The van der Waals surface area contributed by atoms with Gasteiger partial charge < -0.3 is 0 Å². The van der Waals surface area contributed by atoms with E-state index < -0.39 is 0 Å². The van der Waals surface area contributed by atoms with Crippen molar-refractivity contribution in [3.05, 3.63) is 78.4 Å². The maximum Gasteiger partial charge on any atom is 0.0645 e. The van der Waals surface area contributed by atoms with Crippen LogP contribution in [0, 0.1) is 5.92 Å². The molecular weight excluding hydrogens is 346 g/mol. The van der Waals surface area contributed by atoms with Crippen molar-refractivity contribution in [1.29, 1.82) is 0 Å². The lowest BCUT2D eigenvalue weighted by atomic mass is 9.95. The van der Waals surface area contributed by atoms with Gasteiger partial charge in [-0.2, -0.15) is 5.10 Å². The number of piperidine rings is 1. The molecule has 0 unspecified atom stereocenters. The Morgan fingerprint density at radius 3 is 2.64 bits per heavy atom. The summed E-state index contributed by atoms with van der Waals surface area (Å²) in [5, 5.41) is 4.58. The molecule has 2 aromatic heterocycles. The number of fused-ring (bicyclic) bond motifs is 4. The molecule has 5 heteroatoms. The lowest BCUT2D eigenvalue weighted by Crippen LogP contribution is -2.43. The molecule has 3 aliphatic heterocycles. The van der Waals surface area contributed by atoms with Crippen molar-refractivity contribution < 1.29 is 0 Å². The zero-order valence-corrected chi connectivity index (χ0v) is 16.2. The van der Waals surface area contributed by atoms with Crippen LogP contribution in [0.2, 0.25) is 0 Å². The molecule has 2 atom stereocenters. The fraction of sp³-hybridized carbons (Fsp3) is 0.391. The van der Waals surface area contributed by atoms with Gasteiger partial charge in [-0.25, -0.2) is 4.68 Å². The number of pyridine rings is 1. The van der Waals surface area contributed by atoms with Gasteiger partial charge in [0.15, 0.2) is 0 Å². The van der Waals surface area contributed by atoms with Crippen LogP contribution in [0.15, 0.2) is 67.3 Å². The van der Waals surface area contributed by atoms with Crippen LogP contribution in [-0.2, 0) is 13.1 Å². The molecule has 3 saturated heterocycles. The number of para-hydroxylation sites is 1. The highest BCUT2D eigenvalue weighted by Crippen LogP contribution is 2.30. The summed E-state index contributed by atoms with van der Waals surface area (Å²) < 4.78 is 1.99. The standard InChI is InChI=1S/C23H27N5/c1-2-6-22(7-3-1)28-17-21(12-25-28)16-27-15-20-8-9-23(27)18-26(14-20)13-19-5-4-10-24-11-19/h1-7,10-12,17,20,23H,8-9,13-16,18H2/t20-,23+/m0/s1. The first-order chi connectivity index (χ1) is 13.8. The van der Waals surface area contributed by atoms with Crippen molar-refractivity contribution in [2.45, 2.75) is 32.0 Å². The minimum atomic E-state index is 0.635. The van der Waals surface area contributed by atoms with E-state index in [-0.39, 0.29) is 0 Å². The number of aromatic nitrogens is 3. The van der Waals surface area contributed by atoms with Crippen LogP contribution in [0.25, 0.3) is 5.69 Å². The number of rotatable bonds is 5. The zero-order chi connectivity index (χ0) is 18.8. The molecule has 6 rings (SSSR count). The first kappa shape index (κ1) is 17.6. The van der Waals surface area contributed by atoms with Gasteiger partial charge in [-0.15, -0.1) is 0 Å². The minimum Gasteiger partial charge on any atom is -0.297 e. The predicted octanol–water partition coefficient (Wildman–Crippen LogP) is 3.36. The first-order valence-electron chi connectivity index (χ1n) is 10.3. The lowest BCUT2D eigenvalue weighted by Gasteiger charge is -2.35. The van der Waals surface area contributed by atoms with E-state index in [0.29, 0.717) is 6.04 Å². The van der Waals surface area contributed by atoms with Crippen LogP contribution in [0.3, 0.4) is 0 Å². The van der Waals surface area contributed by atoms with Crippen LogP contribution < -0.4 is 0 Å². The molecule has 3 fully saturated rings. The van der Waals surface area contributed by atoms with Gasteiger partial charge in [-0.1, -0.05) is 24.3 Å². The Morgan fingerprint density at radius 2 is 1.79 bits per heavy atom. The van der Waals surface area contributed by atoms with Gasteiger partial charge in [-0.3, -0.25) is 14.8 Å². The van der Waals surface area contributed by atoms with Gasteiger partial charge in [0.05, 0.1) is 11.9 Å². The average Bonchev–Trinajstić information content (AvgIpc) is 3.03. The third-order valence-electron chi connectivity index (χ3n) is 6.07. The Hall–Kier alpha value is -2.50. The molecule has 0 spiro atoms. The van der Waals surface area contributed by atoms with E-state index in [4.69, 9.17) is 0 Å². The quantitative estimate of drug-likeness (QED) is 0.687. The van der Waals surface area contributed by atoms with E-state index in [1.807, 2.05) is 35.4 Å². The molecule has 144 valence electrons. The van der Waals surface area contributed by atoms with E-state index in [1.54, 1.807) is 0 Å². The van der Waals surface area contributed by atoms with Crippen molar-refractivity contribution in [1.82, 2.24) is 24.6 Å². The molecule has 0 N–H and O–H groups in total. The highest BCUT2D eigenvalue weighted by atomic mass is 15.3. The number of nitrogens with zero attached hydrogens (tertiary/aromatic N) is 5. The Morgan fingerprint density at radius 1 is 0.857 bits per heavy atom. The second kappa shape index (κ2) is 7.86. The van der Waals surface area contributed by atoms with E-state index in [9.17, 15) is 0 Å². The third kappa shape index (κ3) is 3.86. The smallest absolute Gasteiger partial charge is 0.0645 e. The van der Waals surface area contributed by atoms with Gasteiger partial charge in [0.25, 0.3) is 0 Å². The summed E-state index contributed by atoms with van der Waals surface area (Å²) >= 11 is 0. The molecule has 0 radical (unpaired) electrons. The molecule has 28 heavy (non-hydrogen) atoms. The average molecular weight is 374 g/mol. The van der Waals surface area contributed by atoms with E-state index >= 15 is 0 Å². The van der Waals surface area contributed by atoms with E-state index in [1.165, 1.54) is 37.1 Å². The largest absolute Gasteiger partial charge is 0.297 e. The molecule has 3 aromatic rings. The van der Waals surface area contributed by atoms with Gasteiger partial charge in [-0.05, 0) is 42.5 Å². The Labute approximate surface area is 166 Å². The Bertz CT molecular complexity index is 892. The first-order valence-corrected chi connectivity index (χ1v) is 10.3. The normalized spacial score (nSPS) is 23.0. The van der Waals surface area contributed by atoms with Crippen molar-refractivity contribution in [3.8, 4) is 5.69 Å². The molecule has 5 heterocycles. The summed E-state index contributed by atoms with van der Waals surface area (Å²) in [4.78, 5) is 9.59. The summed E-state index contributed by atoms with van der Waals surface area (Å²) in [6.45, 7) is 5.56. The van der Waals surface area contributed by atoms with E-state index in [0.717, 1.165) is 31.2 Å². The summed E-state index contributed by atoms with van der Waals surface area (Å²) in [6.07, 6.45) is 10.7. The second-order valence-electron chi connectivity index (χ2n) is 8.21. The molecule has 1 aromatic carbocycles. The molecular formula is C23H27N5. The summed E-state index contributed by atoms with van der Waals surface area (Å²) in [5.41, 5.74) is 3.74. The van der Waals surface area contributed by atoms with Crippen molar-refractivity contribution in [2.24, 2.45) is 5.92 Å². The molecule has 5 nitrogen and oxygen atoms in total. The van der Waals surface area contributed by atoms with Gasteiger partial charge in [0, 0.05) is 62.9 Å². The Kier molecular flexibility index (Phi) is 4.93. The maximum absolute atomic E-state index is 4.58. The highest BCUT2D eigenvalue weighted by molar-refractivity contribution is 5.30. The SMILES string of the molecule is c1ccc(-n2cc(CN3C[C@H]4CC[C@@H]3CN(Cc3cccnc3)C4)cn2)cc1. The lowest BCUT2D eigenvalue weighted by molar-refractivity contribution is 0.123. The fourth-order valence-corrected chi connectivity index (χ4v) is 4.75. The monoisotopic (exact) mass is 373 g/mol. The van der Waals surface area contributed by atoms with Crippen LogP contribution in [-0.4, -0.2) is 50.2 Å². The number of benzene rings is 1. The summed E-state index contributed by atoms with van der Waals surface area (Å²) in [7, 11) is 0. The van der Waals surface area contributed by atoms with Crippen LogP contribution in [0.4, 0.5) is 0 Å². The second-order valence-corrected chi connectivity index (χ2v) is 8.21. The minimum absolute atomic E-state index is 0.635. The molecule has 2 bridgehead atoms. The molecule has 0 saturated carbocycles.